The third-order valence-electron chi connectivity index (χ3n) is 6.34. The SMILES string of the molecule is O=C(O)/C=C/C(=O)N(O)CCCCCCCCNCc1ccc(COC(=O)Nc2cccc3ccccc23)cc1. The van der Waals surface area contributed by atoms with E-state index in [0.29, 0.717) is 17.6 Å². The Bertz CT molecular complexity index is 1270. The van der Waals surface area contributed by atoms with Crippen LogP contribution < -0.4 is 10.6 Å². The smallest absolute Gasteiger partial charge is 0.411 e. The van der Waals surface area contributed by atoms with Gasteiger partial charge >= 0.3 is 12.1 Å². The summed E-state index contributed by atoms with van der Waals surface area (Å²) in [5, 5.41) is 26.9. The van der Waals surface area contributed by atoms with Crippen molar-refractivity contribution < 1.29 is 29.4 Å². The number of fused-ring (bicyclic) bond motifs is 1. The predicted octanol–water partition coefficient (Wildman–Crippen LogP) is 5.88. The minimum absolute atomic E-state index is 0.188. The molecule has 0 aliphatic carbocycles. The minimum Gasteiger partial charge on any atom is -0.478 e. The molecule has 9 heteroatoms. The van der Waals surface area contributed by atoms with E-state index in [9.17, 15) is 19.6 Å². The summed E-state index contributed by atoms with van der Waals surface area (Å²) in [6.07, 6.45) is 6.85. The molecule has 0 bridgehead atoms. The van der Waals surface area contributed by atoms with Crippen LogP contribution in [-0.2, 0) is 27.5 Å². The second kappa shape index (κ2) is 16.7. The molecule has 0 radical (unpaired) electrons. The van der Waals surface area contributed by atoms with Crippen molar-refractivity contribution in [3.05, 3.63) is 90.0 Å². The first-order valence-electron chi connectivity index (χ1n) is 13.5. The molecule has 0 spiro atoms. The van der Waals surface area contributed by atoms with Crippen LogP contribution in [0.3, 0.4) is 0 Å². The molecule has 4 N–H and O–H groups in total. The average Bonchev–Trinajstić information content (AvgIpc) is 2.96. The molecule has 212 valence electrons. The lowest BCUT2D eigenvalue weighted by molar-refractivity contribution is -0.159. The number of aliphatic carboxylic acids is 1. The molecule has 0 heterocycles. The van der Waals surface area contributed by atoms with Crippen molar-refractivity contribution in [2.24, 2.45) is 0 Å². The highest BCUT2D eigenvalue weighted by Crippen LogP contribution is 2.23. The molecule has 0 fully saturated rings. The molecule has 0 aromatic heterocycles. The van der Waals surface area contributed by atoms with Gasteiger partial charge in [0.1, 0.15) is 6.61 Å². The molecule has 3 rings (SSSR count). The number of carboxylic acids is 1. The fraction of sp³-hybridized carbons (Fsp3) is 0.323. The van der Waals surface area contributed by atoms with E-state index in [1.807, 2.05) is 66.7 Å². The van der Waals surface area contributed by atoms with E-state index in [2.05, 4.69) is 10.6 Å². The molecule has 0 saturated carbocycles. The molecule has 40 heavy (non-hydrogen) atoms. The lowest BCUT2D eigenvalue weighted by Gasteiger charge is -2.12. The van der Waals surface area contributed by atoms with Gasteiger partial charge in [0.05, 0.1) is 5.69 Å². The zero-order valence-corrected chi connectivity index (χ0v) is 22.6. The Labute approximate surface area is 234 Å². The number of hydrogen-bond donors (Lipinski definition) is 4. The summed E-state index contributed by atoms with van der Waals surface area (Å²) >= 11 is 0. The summed E-state index contributed by atoms with van der Waals surface area (Å²) in [7, 11) is 0. The van der Waals surface area contributed by atoms with E-state index < -0.39 is 18.0 Å². The van der Waals surface area contributed by atoms with Gasteiger partial charge in [0.2, 0.25) is 0 Å². The highest BCUT2D eigenvalue weighted by molar-refractivity contribution is 6.00. The number of carboxylic acid groups (broad SMARTS) is 1. The fourth-order valence-electron chi connectivity index (χ4n) is 4.17. The maximum atomic E-state index is 12.3. The Morgan fingerprint density at radius 3 is 2.25 bits per heavy atom. The lowest BCUT2D eigenvalue weighted by Crippen LogP contribution is -2.26. The minimum atomic E-state index is -1.23. The Hall–Kier alpha value is -4.21. The number of carbonyl (C=O) groups excluding carboxylic acids is 2. The van der Waals surface area contributed by atoms with Crippen LogP contribution in [-0.4, -0.2) is 46.4 Å². The van der Waals surface area contributed by atoms with Gasteiger partial charge in [-0.2, -0.15) is 0 Å². The van der Waals surface area contributed by atoms with Crippen molar-refractivity contribution in [1.82, 2.24) is 10.4 Å². The van der Waals surface area contributed by atoms with Crippen LogP contribution >= 0.6 is 0 Å². The number of carbonyl (C=O) groups is 3. The lowest BCUT2D eigenvalue weighted by atomic mass is 10.1. The predicted molar refractivity (Wildman–Crippen MR) is 154 cm³/mol. The second-order valence-electron chi connectivity index (χ2n) is 9.48. The van der Waals surface area contributed by atoms with Crippen LogP contribution in [0.2, 0.25) is 0 Å². The molecule has 3 aromatic carbocycles. The van der Waals surface area contributed by atoms with Crippen molar-refractivity contribution in [2.45, 2.75) is 51.7 Å². The quantitative estimate of drug-likeness (QED) is 0.0763. The molecule has 0 aliphatic heterocycles. The van der Waals surface area contributed by atoms with E-state index >= 15 is 0 Å². The number of anilines is 1. The number of unbranched alkanes of at least 4 members (excludes halogenated alkanes) is 5. The van der Waals surface area contributed by atoms with E-state index in [1.165, 1.54) is 0 Å². The van der Waals surface area contributed by atoms with Gasteiger partial charge in [0.25, 0.3) is 5.91 Å². The molecular formula is C31H37N3O6. The van der Waals surface area contributed by atoms with Crippen molar-refractivity contribution in [3.8, 4) is 0 Å². The van der Waals surface area contributed by atoms with Crippen LogP contribution in [0.5, 0.6) is 0 Å². The number of nitrogens with one attached hydrogen (secondary N) is 2. The average molecular weight is 548 g/mol. The summed E-state index contributed by atoms with van der Waals surface area (Å²) in [5.41, 5.74) is 2.80. The number of rotatable bonds is 16. The first kappa shape index (κ1) is 30.3. The summed E-state index contributed by atoms with van der Waals surface area (Å²) < 4.78 is 5.40. The van der Waals surface area contributed by atoms with Gasteiger partial charge in [-0.25, -0.2) is 14.7 Å². The Kier molecular flexibility index (Phi) is 12.7. The van der Waals surface area contributed by atoms with Crippen molar-refractivity contribution in [2.75, 3.05) is 18.4 Å². The molecule has 0 aliphatic rings. The molecule has 9 nitrogen and oxygen atoms in total. The summed E-state index contributed by atoms with van der Waals surface area (Å²) in [4.78, 5) is 34.2. The topological polar surface area (TPSA) is 128 Å². The Morgan fingerprint density at radius 1 is 0.800 bits per heavy atom. The van der Waals surface area contributed by atoms with Gasteiger partial charge in [0, 0.05) is 30.6 Å². The van der Waals surface area contributed by atoms with Crippen LogP contribution in [0.1, 0.15) is 49.7 Å². The van der Waals surface area contributed by atoms with E-state index in [1.54, 1.807) is 0 Å². The maximum Gasteiger partial charge on any atom is 0.411 e. The van der Waals surface area contributed by atoms with E-state index in [4.69, 9.17) is 9.84 Å². The van der Waals surface area contributed by atoms with E-state index in [-0.39, 0.29) is 13.2 Å². The van der Waals surface area contributed by atoms with Gasteiger partial charge in [-0.1, -0.05) is 86.3 Å². The number of nitrogens with zero attached hydrogens (tertiary/aromatic N) is 1. The second-order valence-corrected chi connectivity index (χ2v) is 9.48. The standard InChI is InChI=1S/C31H37N3O6/c35-29(18-19-30(36)37)34(39)21-8-4-2-1-3-7-20-32-22-24-14-16-25(17-15-24)23-40-31(38)33-28-13-9-11-26-10-5-6-12-27(26)28/h5-6,9-19,32,39H,1-4,7-8,20-23H2,(H,33,38)(H,36,37)/b19-18+. The first-order valence-corrected chi connectivity index (χ1v) is 13.5. The molecule has 0 unspecified atom stereocenters. The maximum absolute atomic E-state index is 12.3. The van der Waals surface area contributed by atoms with Crippen molar-refractivity contribution in [1.29, 1.82) is 0 Å². The third kappa shape index (κ3) is 10.9. The molecule has 0 saturated heterocycles. The van der Waals surface area contributed by atoms with Gasteiger partial charge in [-0.15, -0.1) is 0 Å². The zero-order chi connectivity index (χ0) is 28.6. The highest BCUT2D eigenvalue weighted by atomic mass is 16.5. The summed E-state index contributed by atoms with van der Waals surface area (Å²) in [6.45, 7) is 2.06. The van der Waals surface area contributed by atoms with Crippen molar-refractivity contribution >= 4 is 34.4 Å². The van der Waals surface area contributed by atoms with Gasteiger partial charge < -0.3 is 15.2 Å². The monoisotopic (exact) mass is 547 g/mol. The summed E-state index contributed by atoms with van der Waals surface area (Å²) in [5.74, 6) is -1.95. The largest absolute Gasteiger partial charge is 0.478 e. The molecular weight excluding hydrogens is 510 g/mol. The number of amides is 2. The number of hydrogen-bond acceptors (Lipinski definition) is 6. The Morgan fingerprint density at radius 2 is 1.48 bits per heavy atom. The summed E-state index contributed by atoms with van der Waals surface area (Å²) in [6, 6.07) is 21.6. The van der Waals surface area contributed by atoms with Crippen LogP contribution in [0.25, 0.3) is 10.8 Å². The Balaban J connectivity index is 1.22. The zero-order valence-electron chi connectivity index (χ0n) is 22.6. The van der Waals surface area contributed by atoms with Gasteiger partial charge in [-0.3, -0.25) is 15.3 Å². The third-order valence-corrected chi connectivity index (χ3v) is 6.34. The van der Waals surface area contributed by atoms with Gasteiger partial charge in [-0.05, 0) is 42.0 Å². The number of benzene rings is 3. The molecule has 2 amide bonds. The van der Waals surface area contributed by atoms with E-state index in [0.717, 1.165) is 78.9 Å². The highest BCUT2D eigenvalue weighted by Gasteiger charge is 2.08. The first-order chi connectivity index (χ1) is 19.4. The fourth-order valence-corrected chi connectivity index (χ4v) is 4.17. The molecule has 3 aromatic rings. The van der Waals surface area contributed by atoms with Crippen LogP contribution in [0.4, 0.5) is 10.5 Å². The van der Waals surface area contributed by atoms with Gasteiger partial charge in [0.15, 0.2) is 0 Å². The number of hydroxylamine groups is 2. The number of ether oxygens (including phenoxy) is 1. The molecule has 0 atom stereocenters. The van der Waals surface area contributed by atoms with Crippen molar-refractivity contribution in [3.63, 3.8) is 0 Å². The van der Waals surface area contributed by atoms with Crippen LogP contribution in [0.15, 0.2) is 78.9 Å². The normalized spacial score (nSPS) is 11.0. The van der Waals surface area contributed by atoms with Crippen LogP contribution in [0, 0.1) is 0 Å².